The normalized spacial score (nSPS) is 24.0. The second kappa shape index (κ2) is 8.35. The number of pyridine rings is 1. The van der Waals surface area contributed by atoms with Gasteiger partial charge in [-0.1, -0.05) is 0 Å². The van der Waals surface area contributed by atoms with Gasteiger partial charge in [0.05, 0.1) is 6.20 Å². The zero-order chi connectivity index (χ0) is 20.5. The van der Waals surface area contributed by atoms with Gasteiger partial charge >= 0.3 is 0 Å². The molecule has 2 bridgehead atoms. The first-order valence-corrected chi connectivity index (χ1v) is 11.1. The van der Waals surface area contributed by atoms with Crippen molar-refractivity contribution < 1.29 is 4.79 Å². The molecule has 1 amide bonds. The zero-order valence-electron chi connectivity index (χ0n) is 17.3. The lowest BCUT2D eigenvalue weighted by atomic mass is 9.83. The Bertz CT molecular complexity index is 947. The van der Waals surface area contributed by atoms with Crippen LogP contribution >= 0.6 is 0 Å². The Morgan fingerprint density at radius 1 is 1.17 bits per heavy atom. The molecule has 2 saturated heterocycles. The molecule has 8 nitrogen and oxygen atoms in total. The van der Waals surface area contributed by atoms with E-state index in [-0.39, 0.29) is 17.0 Å². The second-order valence-electron chi connectivity index (χ2n) is 8.99. The molecule has 30 heavy (non-hydrogen) atoms. The van der Waals surface area contributed by atoms with E-state index in [1.54, 1.807) is 6.07 Å². The summed E-state index contributed by atoms with van der Waals surface area (Å²) in [6.07, 6.45) is 7.40. The fourth-order valence-corrected chi connectivity index (χ4v) is 5.40. The van der Waals surface area contributed by atoms with Crippen molar-refractivity contribution in [3.05, 3.63) is 51.7 Å². The van der Waals surface area contributed by atoms with Gasteiger partial charge in [0.1, 0.15) is 5.56 Å². The van der Waals surface area contributed by atoms with Crippen LogP contribution in [0.2, 0.25) is 0 Å². The number of H-pyrrole nitrogens is 1. The Labute approximate surface area is 176 Å². The Morgan fingerprint density at radius 3 is 2.83 bits per heavy atom. The lowest BCUT2D eigenvalue weighted by Gasteiger charge is -2.42. The maximum Gasteiger partial charge on any atom is 0.263 e. The van der Waals surface area contributed by atoms with Crippen LogP contribution < -0.4 is 10.9 Å². The quantitative estimate of drug-likeness (QED) is 0.743. The third-order valence-electron chi connectivity index (χ3n) is 6.80. The molecule has 8 heteroatoms. The van der Waals surface area contributed by atoms with E-state index in [4.69, 9.17) is 0 Å². The van der Waals surface area contributed by atoms with Crippen molar-refractivity contribution in [1.29, 1.82) is 0 Å². The number of hydrogen-bond donors (Lipinski definition) is 2. The minimum absolute atomic E-state index is 0.135. The van der Waals surface area contributed by atoms with E-state index in [1.165, 1.54) is 18.4 Å². The molecule has 0 aliphatic carbocycles. The molecule has 0 aromatic carbocycles. The molecule has 0 radical (unpaired) electrons. The van der Waals surface area contributed by atoms with Gasteiger partial charge in [-0.2, -0.15) is 5.10 Å². The van der Waals surface area contributed by atoms with Crippen LogP contribution in [-0.4, -0.2) is 69.7 Å². The van der Waals surface area contributed by atoms with E-state index in [2.05, 4.69) is 25.3 Å². The topological polar surface area (TPSA) is 86.3 Å². The molecule has 2 aromatic heterocycles. The first kappa shape index (κ1) is 19.5. The summed E-state index contributed by atoms with van der Waals surface area (Å²) in [6.45, 7) is 7.15. The molecule has 2 aromatic rings. The number of nitrogens with one attached hydrogen (secondary N) is 2. The molecule has 0 unspecified atom stereocenters. The summed E-state index contributed by atoms with van der Waals surface area (Å²) >= 11 is 0. The van der Waals surface area contributed by atoms with Crippen LogP contribution in [0, 0.1) is 5.92 Å². The van der Waals surface area contributed by atoms with Crippen molar-refractivity contribution in [2.24, 2.45) is 5.92 Å². The zero-order valence-corrected chi connectivity index (χ0v) is 17.3. The standard InChI is InChI=1S/C22H30N6O2/c29-21(23-5-8-26-6-1-2-7-26)19-3-4-20-18-9-16(14-28(20)22(19)30)12-27(15-18)13-17-10-24-25-11-17/h3-4,10-11,16,18H,1-2,5-9,12-15H2,(H,23,29)(H,24,25)/t16-,18+/m0/s1. The van der Waals surface area contributed by atoms with E-state index in [0.717, 1.165) is 51.4 Å². The maximum absolute atomic E-state index is 13.1. The highest BCUT2D eigenvalue weighted by Crippen LogP contribution is 2.35. The predicted molar refractivity (Wildman–Crippen MR) is 113 cm³/mol. The molecule has 0 saturated carbocycles. The molecule has 0 spiro atoms. The lowest BCUT2D eigenvalue weighted by Crippen LogP contribution is -2.47. The number of carbonyl (C=O) groups excluding carboxylic acids is 1. The molecular formula is C22H30N6O2. The molecule has 2 N–H and O–H groups in total. The Balaban J connectivity index is 1.27. The number of likely N-dealkylation sites (tertiary alicyclic amines) is 2. The summed E-state index contributed by atoms with van der Waals surface area (Å²) in [5.41, 5.74) is 2.40. The first-order chi connectivity index (χ1) is 14.7. The summed E-state index contributed by atoms with van der Waals surface area (Å²) in [5, 5.41) is 9.86. The van der Waals surface area contributed by atoms with E-state index >= 15 is 0 Å². The number of aromatic nitrogens is 3. The van der Waals surface area contributed by atoms with Gasteiger partial charge in [0.2, 0.25) is 0 Å². The number of amides is 1. The molecule has 3 aliphatic rings. The molecular weight excluding hydrogens is 380 g/mol. The fraction of sp³-hybridized carbons (Fsp3) is 0.591. The number of piperidine rings is 1. The van der Waals surface area contributed by atoms with Crippen LogP contribution in [0.1, 0.15) is 46.8 Å². The van der Waals surface area contributed by atoms with Gasteiger partial charge in [0.15, 0.2) is 0 Å². The molecule has 2 fully saturated rings. The molecule has 3 aliphatic heterocycles. The third-order valence-corrected chi connectivity index (χ3v) is 6.80. The van der Waals surface area contributed by atoms with Gasteiger partial charge < -0.3 is 14.8 Å². The van der Waals surface area contributed by atoms with Crippen LogP contribution in [0.3, 0.4) is 0 Å². The number of nitrogens with zero attached hydrogens (tertiary/aromatic N) is 4. The van der Waals surface area contributed by atoms with Crippen molar-refractivity contribution in [3.8, 4) is 0 Å². The van der Waals surface area contributed by atoms with Crippen LogP contribution in [0.5, 0.6) is 0 Å². The summed E-state index contributed by atoms with van der Waals surface area (Å²) in [4.78, 5) is 30.6. The number of rotatable bonds is 6. The smallest absolute Gasteiger partial charge is 0.263 e. The Hall–Kier alpha value is -2.45. The third kappa shape index (κ3) is 3.94. The van der Waals surface area contributed by atoms with Gasteiger partial charge in [-0.15, -0.1) is 0 Å². The highest BCUT2D eigenvalue weighted by molar-refractivity contribution is 5.93. The first-order valence-electron chi connectivity index (χ1n) is 11.1. The highest BCUT2D eigenvalue weighted by Gasteiger charge is 2.35. The fourth-order valence-electron chi connectivity index (χ4n) is 5.40. The van der Waals surface area contributed by atoms with Crippen LogP contribution in [0.25, 0.3) is 0 Å². The van der Waals surface area contributed by atoms with Crippen molar-refractivity contribution in [2.75, 3.05) is 39.3 Å². The predicted octanol–water partition coefficient (Wildman–Crippen LogP) is 1.02. The van der Waals surface area contributed by atoms with Gasteiger partial charge in [-0.05, 0) is 50.4 Å². The average Bonchev–Trinajstić information content (AvgIpc) is 3.43. The minimum atomic E-state index is -0.244. The Morgan fingerprint density at radius 2 is 2.03 bits per heavy atom. The second-order valence-corrected chi connectivity index (χ2v) is 8.99. The number of aromatic amines is 1. The van der Waals surface area contributed by atoms with E-state index in [1.807, 2.05) is 23.0 Å². The van der Waals surface area contributed by atoms with Gasteiger partial charge in [-0.3, -0.25) is 19.6 Å². The summed E-state index contributed by atoms with van der Waals surface area (Å²) in [7, 11) is 0. The lowest BCUT2D eigenvalue weighted by molar-refractivity contribution is 0.0942. The molecule has 160 valence electrons. The van der Waals surface area contributed by atoms with E-state index in [0.29, 0.717) is 24.9 Å². The Kier molecular flexibility index (Phi) is 5.43. The van der Waals surface area contributed by atoms with E-state index in [9.17, 15) is 9.59 Å². The minimum Gasteiger partial charge on any atom is -0.351 e. The van der Waals surface area contributed by atoms with Crippen molar-refractivity contribution >= 4 is 5.91 Å². The monoisotopic (exact) mass is 410 g/mol. The van der Waals surface area contributed by atoms with Crippen LogP contribution in [0.4, 0.5) is 0 Å². The largest absolute Gasteiger partial charge is 0.351 e. The van der Waals surface area contributed by atoms with E-state index < -0.39 is 0 Å². The summed E-state index contributed by atoms with van der Waals surface area (Å²) < 4.78 is 1.86. The number of carbonyl (C=O) groups is 1. The SMILES string of the molecule is O=C(NCCN1CCCC1)c1ccc2n(c1=O)C[C@H]1C[C@@H]2CN(Cc2cn[nH]c2)C1. The molecule has 5 heterocycles. The van der Waals surface area contributed by atoms with Crippen molar-refractivity contribution in [1.82, 2.24) is 29.9 Å². The van der Waals surface area contributed by atoms with Gasteiger partial charge in [-0.25, -0.2) is 0 Å². The number of fused-ring (bicyclic) bond motifs is 4. The van der Waals surface area contributed by atoms with Gasteiger partial charge in [0, 0.05) is 62.6 Å². The van der Waals surface area contributed by atoms with Crippen molar-refractivity contribution in [2.45, 2.75) is 38.3 Å². The van der Waals surface area contributed by atoms with Crippen LogP contribution in [-0.2, 0) is 13.1 Å². The summed E-state index contributed by atoms with van der Waals surface area (Å²) in [6, 6.07) is 3.73. The molecule has 2 atom stereocenters. The summed E-state index contributed by atoms with van der Waals surface area (Å²) in [5.74, 6) is 0.533. The van der Waals surface area contributed by atoms with Crippen LogP contribution in [0.15, 0.2) is 29.3 Å². The average molecular weight is 411 g/mol. The maximum atomic E-state index is 13.1. The van der Waals surface area contributed by atoms with Crippen molar-refractivity contribution in [3.63, 3.8) is 0 Å². The highest BCUT2D eigenvalue weighted by atomic mass is 16.2. The van der Waals surface area contributed by atoms with Gasteiger partial charge in [0.25, 0.3) is 11.5 Å². The number of hydrogen-bond acceptors (Lipinski definition) is 5. The molecule has 5 rings (SSSR count).